The van der Waals surface area contributed by atoms with Gasteiger partial charge in [0.05, 0.1) is 25.9 Å². The van der Waals surface area contributed by atoms with E-state index >= 15 is 0 Å². The molecule has 0 bridgehead atoms. The molecule has 0 aliphatic carbocycles. The molecule has 0 saturated heterocycles. The zero-order chi connectivity index (χ0) is 16.6. The van der Waals surface area contributed by atoms with Gasteiger partial charge in [-0.25, -0.2) is 4.98 Å². The third-order valence-corrected chi connectivity index (χ3v) is 3.87. The summed E-state index contributed by atoms with van der Waals surface area (Å²) in [7, 11) is 3.11. The lowest BCUT2D eigenvalue weighted by Gasteiger charge is -2.18. The zero-order valence-electron chi connectivity index (χ0n) is 13.4. The number of methoxy groups -OCH3 is 2. The first kappa shape index (κ1) is 15.4. The van der Waals surface area contributed by atoms with Crippen molar-refractivity contribution in [3.63, 3.8) is 0 Å². The molecule has 3 rings (SSSR count). The molecule has 1 aliphatic heterocycles. The van der Waals surface area contributed by atoms with E-state index in [1.54, 1.807) is 14.0 Å². The van der Waals surface area contributed by atoms with Gasteiger partial charge in [0, 0.05) is 11.8 Å². The van der Waals surface area contributed by atoms with Gasteiger partial charge in [-0.05, 0) is 19.1 Å². The van der Waals surface area contributed by atoms with Crippen molar-refractivity contribution in [1.29, 1.82) is 0 Å². The average molecular weight is 317 g/mol. The van der Waals surface area contributed by atoms with Crippen molar-refractivity contribution in [1.82, 2.24) is 4.98 Å². The Bertz CT molecular complexity index is 771. The van der Waals surface area contributed by atoms with Crippen LogP contribution in [0.15, 0.2) is 24.3 Å². The van der Waals surface area contributed by atoms with Crippen molar-refractivity contribution in [3.05, 3.63) is 29.8 Å². The predicted molar refractivity (Wildman–Crippen MR) is 85.5 cm³/mol. The third kappa shape index (κ3) is 2.55. The highest BCUT2D eigenvalue weighted by atomic mass is 16.7. The van der Waals surface area contributed by atoms with E-state index in [1.165, 1.54) is 7.11 Å². The minimum atomic E-state index is -0.703. The Morgan fingerprint density at radius 3 is 2.78 bits per heavy atom. The summed E-state index contributed by atoms with van der Waals surface area (Å²) < 4.78 is 21.9. The molecular weight excluding hydrogens is 298 g/mol. The van der Waals surface area contributed by atoms with Crippen molar-refractivity contribution in [3.8, 4) is 23.1 Å². The second-order valence-electron chi connectivity index (χ2n) is 5.39. The first-order valence-corrected chi connectivity index (χ1v) is 7.23. The van der Waals surface area contributed by atoms with Crippen molar-refractivity contribution in [2.75, 3.05) is 21.0 Å². The van der Waals surface area contributed by atoms with Gasteiger partial charge in [0.2, 0.25) is 12.7 Å². The van der Waals surface area contributed by atoms with Crippen LogP contribution in [0, 0.1) is 0 Å². The van der Waals surface area contributed by atoms with Gasteiger partial charge in [-0.1, -0.05) is 12.2 Å². The van der Waals surface area contributed by atoms with E-state index in [4.69, 9.17) is 18.9 Å². The predicted octanol–water partition coefficient (Wildman–Crippen LogP) is 2.46. The number of benzene rings is 1. The molecule has 23 heavy (non-hydrogen) atoms. The topological polar surface area (TPSA) is 70.0 Å². The van der Waals surface area contributed by atoms with Gasteiger partial charge in [0.25, 0.3) is 0 Å². The lowest BCUT2D eigenvalue weighted by atomic mass is 10.0. The van der Waals surface area contributed by atoms with E-state index in [2.05, 4.69) is 11.6 Å². The number of hydrogen-bond acceptors (Lipinski definition) is 6. The van der Waals surface area contributed by atoms with Crippen molar-refractivity contribution in [2.24, 2.45) is 0 Å². The molecule has 0 spiro atoms. The maximum atomic E-state index is 10.2. The number of pyridine rings is 1. The van der Waals surface area contributed by atoms with Crippen LogP contribution in [0.3, 0.4) is 0 Å². The molecule has 0 unspecified atom stereocenters. The summed E-state index contributed by atoms with van der Waals surface area (Å²) in [5, 5.41) is 10.9. The van der Waals surface area contributed by atoms with Crippen LogP contribution in [-0.2, 0) is 6.42 Å². The fraction of sp³-hybridized carbons (Fsp3) is 0.353. The van der Waals surface area contributed by atoms with Crippen LogP contribution < -0.4 is 18.9 Å². The summed E-state index contributed by atoms with van der Waals surface area (Å²) in [6, 6.07) is 3.69. The van der Waals surface area contributed by atoms with Gasteiger partial charge >= 0.3 is 0 Å². The van der Waals surface area contributed by atoms with Crippen LogP contribution in [0.25, 0.3) is 10.9 Å². The summed E-state index contributed by atoms with van der Waals surface area (Å²) in [5.41, 5.74) is 1.97. The highest BCUT2D eigenvalue weighted by Gasteiger charge is 2.25. The van der Waals surface area contributed by atoms with Crippen molar-refractivity contribution >= 4 is 10.9 Å². The maximum Gasteiger partial charge on any atom is 0.231 e. The first-order valence-electron chi connectivity index (χ1n) is 7.23. The largest absolute Gasteiger partial charge is 0.496 e. The Hall–Kier alpha value is -2.47. The SMILES string of the molecule is C=C(C)[C@@H](O)Cc1c(OC)nc2c3c(ccc2c1OC)OCO3. The number of ether oxygens (including phenoxy) is 4. The van der Waals surface area contributed by atoms with E-state index in [0.29, 0.717) is 46.2 Å². The lowest BCUT2D eigenvalue weighted by Crippen LogP contribution is -2.13. The summed E-state index contributed by atoms with van der Waals surface area (Å²) in [6.45, 7) is 5.72. The molecule has 2 heterocycles. The first-order chi connectivity index (χ1) is 11.1. The average Bonchev–Trinajstić information content (AvgIpc) is 3.02. The number of hydrogen-bond donors (Lipinski definition) is 1. The van der Waals surface area contributed by atoms with Crippen LogP contribution in [-0.4, -0.2) is 37.2 Å². The molecule has 1 atom stereocenters. The second-order valence-corrected chi connectivity index (χ2v) is 5.39. The maximum absolute atomic E-state index is 10.2. The Balaban J connectivity index is 2.23. The molecule has 122 valence electrons. The van der Waals surface area contributed by atoms with E-state index < -0.39 is 6.10 Å². The quantitative estimate of drug-likeness (QED) is 0.854. The molecule has 0 saturated carbocycles. The molecule has 2 aromatic rings. The van der Waals surface area contributed by atoms with Gasteiger partial charge in [-0.2, -0.15) is 0 Å². The minimum absolute atomic E-state index is 0.164. The highest BCUT2D eigenvalue weighted by Crippen LogP contribution is 2.44. The smallest absolute Gasteiger partial charge is 0.231 e. The molecule has 0 fully saturated rings. The standard InChI is InChI=1S/C17H19NO5/c1-9(2)12(19)7-11-15(20-3)10-5-6-13-16(23-8-22-13)14(10)18-17(11)21-4/h5-6,12,19H,1,7-8H2,2-4H3/t12-/m0/s1. The normalized spacial score (nSPS) is 13.9. The Morgan fingerprint density at radius 2 is 2.13 bits per heavy atom. The zero-order valence-corrected chi connectivity index (χ0v) is 13.4. The highest BCUT2D eigenvalue weighted by molar-refractivity contribution is 5.94. The fourth-order valence-electron chi connectivity index (χ4n) is 2.63. The van der Waals surface area contributed by atoms with Crippen LogP contribution >= 0.6 is 0 Å². The van der Waals surface area contributed by atoms with Gasteiger partial charge in [0.1, 0.15) is 11.3 Å². The van der Waals surface area contributed by atoms with Crippen LogP contribution in [0.5, 0.6) is 23.1 Å². The molecular formula is C17H19NO5. The van der Waals surface area contributed by atoms with Crippen LogP contribution in [0.1, 0.15) is 12.5 Å². The number of rotatable bonds is 5. The Labute approximate surface area is 134 Å². The van der Waals surface area contributed by atoms with Crippen molar-refractivity contribution < 1.29 is 24.1 Å². The molecule has 0 radical (unpaired) electrons. The summed E-state index contributed by atoms with van der Waals surface area (Å²) in [6.07, 6.45) is -0.398. The summed E-state index contributed by atoms with van der Waals surface area (Å²) in [5.74, 6) is 2.21. The fourth-order valence-corrected chi connectivity index (χ4v) is 2.63. The van der Waals surface area contributed by atoms with Crippen molar-refractivity contribution in [2.45, 2.75) is 19.4 Å². The Morgan fingerprint density at radius 1 is 1.35 bits per heavy atom. The molecule has 6 heteroatoms. The lowest BCUT2D eigenvalue weighted by molar-refractivity contribution is 0.174. The van der Waals surface area contributed by atoms with E-state index in [-0.39, 0.29) is 6.79 Å². The Kier molecular flexibility index (Phi) is 4.00. The molecule has 1 aromatic carbocycles. The van der Waals surface area contributed by atoms with Gasteiger partial charge in [-0.3, -0.25) is 0 Å². The van der Waals surface area contributed by atoms with Gasteiger partial charge in [-0.15, -0.1) is 0 Å². The van der Waals surface area contributed by atoms with Crippen LogP contribution in [0.4, 0.5) is 0 Å². The van der Waals surface area contributed by atoms with Gasteiger partial charge in [0.15, 0.2) is 11.5 Å². The van der Waals surface area contributed by atoms with E-state index in [0.717, 1.165) is 5.39 Å². The van der Waals surface area contributed by atoms with E-state index in [1.807, 2.05) is 12.1 Å². The molecule has 6 nitrogen and oxygen atoms in total. The summed E-state index contributed by atoms with van der Waals surface area (Å²) >= 11 is 0. The summed E-state index contributed by atoms with van der Waals surface area (Å²) in [4.78, 5) is 4.54. The number of aliphatic hydroxyl groups is 1. The minimum Gasteiger partial charge on any atom is -0.496 e. The third-order valence-electron chi connectivity index (χ3n) is 3.87. The monoisotopic (exact) mass is 317 g/mol. The number of fused-ring (bicyclic) bond motifs is 3. The van der Waals surface area contributed by atoms with E-state index in [9.17, 15) is 5.11 Å². The number of nitrogens with zero attached hydrogens (tertiary/aromatic N) is 1. The van der Waals surface area contributed by atoms with Crippen LogP contribution in [0.2, 0.25) is 0 Å². The molecule has 1 aliphatic rings. The number of aromatic nitrogens is 1. The van der Waals surface area contributed by atoms with Gasteiger partial charge < -0.3 is 24.1 Å². The molecule has 1 aromatic heterocycles. The molecule has 0 amide bonds. The number of aliphatic hydroxyl groups excluding tert-OH is 1. The second kappa shape index (κ2) is 5.96. The molecule has 1 N–H and O–H groups in total.